The highest BCUT2D eigenvalue weighted by molar-refractivity contribution is 7.15. The number of nitrogens with zero attached hydrogens (tertiary/aromatic N) is 3. The minimum atomic E-state index is -0.203. The van der Waals surface area contributed by atoms with E-state index in [4.69, 9.17) is 9.47 Å². The first kappa shape index (κ1) is 17.9. The van der Waals surface area contributed by atoms with Crippen molar-refractivity contribution in [2.24, 2.45) is 0 Å². The van der Waals surface area contributed by atoms with E-state index in [2.05, 4.69) is 16.7 Å². The summed E-state index contributed by atoms with van der Waals surface area (Å²) in [4.78, 5) is 17.8. The molecule has 0 atom stereocenters. The number of benzene rings is 2. The van der Waals surface area contributed by atoms with Crippen LogP contribution in [0.2, 0.25) is 0 Å². The summed E-state index contributed by atoms with van der Waals surface area (Å²) in [6.07, 6.45) is 3.48. The number of fused-ring (bicyclic) bond motifs is 1. The van der Waals surface area contributed by atoms with E-state index in [0.29, 0.717) is 27.7 Å². The molecule has 0 radical (unpaired) electrons. The molecule has 0 unspecified atom stereocenters. The van der Waals surface area contributed by atoms with Gasteiger partial charge in [-0.3, -0.25) is 4.79 Å². The van der Waals surface area contributed by atoms with E-state index in [1.165, 1.54) is 15.9 Å². The number of ether oxygens (including phenoxy) is 2. The average molecular weight is 391 g/mol. The Labute approximate surface area is 165 Å². The third kappa shape index (κ3) is 3.39. The topological polar surface area (TPSA) is 65.7 Å². The fourth-order valence-electron chi connectivity index (χ4n) is 2.72. The Morgan fingerprint density at radius 1 is 1.18 bits per heavy atom. The van der Waals surface area contributed by atoms with Crippen molar-refractivity contribution < 1.29 is 9.47 Å². The van der Waals surface area contributed by atoms with Gasteiger partial charge in [0.05, 0.1) is 11.6 Å². The van der Waals surface area contributed by atoms with Crippen molar-refractivity contribution in [1.82, 2.24) is 14.6 Å². The van der Waals surface area contributed by atoms with E-state index in [0.717, 1.165) is 16.9 Å². The van der Waals surface area contributed by atoms with Gasteiger partial charge in [-0.2, -0.15) is 9.50 Å². The van der Waals surface area contributed by atoms with E-state index in [-0.39, 0.29) is 5.56 Å². The molecule has 0 spiro atoms. The van der Waals surface area contributed by atoms with Crippen molar-refractivity contribution in [2.75, 3.05) is 13.7 Å². The van der Waals surface area contributed by atoms with Crippen LogP contribution in [0.4, 0.5) is 0 Å². The van der Waals surface area contributed by atoms with Crippen LogP contribution in [-0.4, -0.2) is 28.3 Å². The molecule has 0 fully saturated rings. The van der Waals surface area contributed by atoms with Crippen molar-refractivity contribution in [2.45, 2.75) is 0 Å². The predicted molar refractivity (Wildman–Crippen MR) is 110 cm³/mol. The van der Waals surface area contributed by atoms with Gasteiger partial charge in [-0.15, -0.1) is 5.10 Å². The molecule has 0 aliphatic rings. The number of hydrogen-bond donors (Lipinski definition) is 0. The largest absolute Gasteiger partial charge is 0.497 e. The van der Waals surface area contributed by atoms with Crippen LogP contribution in [0.3, 0.4) is 0 Å². The van der Waals surface area contributed by atoms with E-state index in [1.807, 2.05) is 48.5 Å². The molecule has 28 heavy (non-hydrogen) atoms. The lowest BCUT2D eigenvalue weighted by Gasteiger charge is -2.05. The van der Waals surface area contributed by atoms with Crippen LogP contribution in [0.15, 0.2) is 66.0 Å². The Morgan fingerprint density at radius 3 is 2.68 bits per heavy atom. The summed E-state index contributed by atoms with van der Waals surface area (Å²) in [6, 6.07) is 14.9. The summed E-state index contributed by atoms with van der Waals surface area (Å²) >= 11 is 1.30. The molecule has 4 aromatic rings. The van der Waals surface area contributed by atoms with Gasteiger partial charge in [0, 0.05) is 11.1 Å². The molecule has 0 amide bonds. The molecule has 0 saturated carbocycles. The van der Waals surface area contributed by atoms with Gasteiger partial charge in [0.1, 0.15) is 18.1 Å². The Balaban J connectivity index is 1.73. The molecule has 2 aromatic heterocycles. The second-order valence-electron chi connectivity index (χ2n) is 5.91. The van der Waals surface area contributed by atoms with Crippen LogP contribution in [-0.2, 0) is 0 Å². The van der Waals surface area contributed by atoms with E-state index in [1.54, 1.807) is 19.3 Å². The quantitative estimate of drug-likeness (QED) is 0.473. The second kappa shape index (κ2) is 7.66. The molecule has 0 aliphatic heterocycles. The first-order valence-electron chi connectivity index (χ1n) is 8.58. The summed E-state index contributed by atoms with van der Waals surface area (Å²) in [6.45, 7) is 4.06. The van der Waals surface area contributed by atoms with Crippen molar-refractivity contribution in [1.29, 1.82) is 0 Å². The SMILES string of the molecule is C=CCOc1ccccc1C=c1sc2nc(-c3ccc(OC)cc3)nn2c1=O. The number of thiazole rings is 1. The molecular weight excluding hydrogens is 374 g/mol. The van der Waals surface area contributed by atoms with Crippen LogP contribution in [0, 0.1) is 0 Å². The summed E-state index contributed by atoms with van der Waals surface area (Å²) in [5, 5.41) is 4.37. The predicted octanol–water partition coefficient (Wildman–Crippen LogP) is 2.94. The number of para-hydroxylation sites is 1. The zero-order valence-electron chi connectivity index (χ0n) is 15.2. The van der Waals surface area contributed by atoms with Gasteiger partial charge in [0.15, 0.2) is 5.82 Å². The molecule has 0 saturated heterocycles. The molecule has 0 bridgehead atoms. The van der Waals surface area contributed by atoms with Gasteiger partial charge < -0.3 is 9.47 Å². The lowest BCUT2D eigenvalue weighted by Crippen LogP contribution is -2.23. The average Bonchev–Trinajstić information content (AvgIpc) is 3.27. The molecule has 140 valence electrons. The number of hydrogen-bond acceptors (Lipinski definition) is 6. The van der Waals surface area contributed by atoms with Crippen molar-refractivity contribution in [3.63, 3.8) is 0 Å². The van der Waals surface area contributed by atoms with Gasteiger partial charge in [-0.1, -0.05) is 42.2 Å². The summed E-state index contributed by atoms with van der Waals surface area (Å²) in [5.74, 6) is 1.95. The molecule has 6 nitrogen and oxygen atoms in total. The van der Waals surface area contributed by atoms with E-state index < -0.39 is 0 Å². The highest BCUT2D eigenvalue weighted by Gasteiger charge is 2.12. The van der Waals surface area contributed by atoms with E-state index in [9.17, 15) is 4.79 Å². The lowest BCUT2D eigenvalue weighted by atomic mass is 10.2. The van der Waals surface area contributed by atoms with Gasteiger partial charge in [-0.25, -0.2) is 0 Å². The zero-order valence-corrected chi connectivity index (χ0v) is 16.0. The first-order valence-corrected chi connectivity index (χ1v) is 9.39. The molecule has 2 aromatic carbocycles. The molecule has 0 N–H and O–H groups in total. The van der Waals surface area contributed by atoms with Gasteiger partial charge in [-0.05, 0) is 36.4 Å². The molecule has 7 heteroatoms. The minimum absolute atomic E-state index is 0.203. The molecule has 2 heterocycles. The van der Waals surface area contributed by atoms with E-state index >= 15 is 0 Å². The smallest absolute Gasteiger partial charge is 0.291 e. The van der Waals surface area contributed by atoms with Crippen molar-refractivity contribution >= 4 is 22.4 Å². The molecule has 4 rings (SSSR count). The highest BCUT2D eigenvalue weighted by Crippen LogP contribution is 2.21. The minimum Gasteiger partial charge on any atom is -0.497 e. The van der Waals surface area contributed by atoms with Crippen LogP contribution in [0.25, 0.3) is 22.4 Å². The Bertz CT molecular complexity index is 1240. The summed E-state index contributed by atoms with van der Waals surface area (Å²) in [7, 11) is 1.61. The fourth-order valence-corrected chi connectivity index (χ4v) is 3.62. The monoisotopic (exact) mass is 391 g/mol. The van der Waals surface area contributed by atoms with Crippen LogP contribution in [0.5, 0.6) is 11.5 Å². The van der Waals surface area contributed by atoms with Crippen molar-refractivity contribution in [3.8, 4) is 22.9 Å². The fraction of sp³-hybridized carbons (Fsp3) is 0.0952. The number of aromatic nitrogens is 3. The maximum absolute atomic E-state index is 12.8. The summed E-state index contributed by atoms with van der Waals surface area (Å²) in [5.41, 5.74) is 1.44. The van der Waals surface area contributed by atoms with Crippen LogP contribution in [0.1, 0.15) is 5.56 Å². The maximum atomic E-state index is 12.8. The maximum Gasteiger partial charge on any atom is 0.291 e. The molecular formula is C21H17N3O3S. The molecule has 0 aliphatic carbocycles. The normalized spacial score (nSPS) is 11.7. The summed E-state index contributed by atoms with van der Waals surface area (Å²) < 4.78 is 12.7. The standard InChI is InChI=1S/C21H17N3O3S/c1-3-12-27-17-7-5-4-6-15(17)13-18-20(25)24-21(28-18)22-19(23-24)14-8-10-16(26-2)11-9-14/h3-11,13H,1,12H2,2H3. The van der Waals surface area contributed by atoms with Gasteiger partial charge >= 0.3 is 0 Å². The lowest BCUT2D eigenvalue weighted by molar-refractivity contribution is 0.362. The van der Waals surface area contributed by atoms with Gasteiger partial charge in [0.25, 0.3) is 5.56 Å². The third-order valence-electron chi connectivity index (χ3n) is 4.09. The number of methoxy groups -OCH3 is 1. The second-order valence-corrected chi connectivity index (χ2v) is 6.92. The van der Waals surface area contributed by atoms with Crippen molar-refractivity contribution in [3.05, 3.63) is 81.6 Å². The number of rotatable bonds is 6. The Hall–Kier alpha value is -3.45. The first-order chi connectivity index (χ1) is 13.7. The van der Waals surface area contributed by atoms with Crippen LogP contribution >= 0.6 is 11.3 Å². The van der Waals surface area contributed by atoms with Gasteiger partial charge in [0.2, 0.25) is 4.96 Å². The van der Waals surface area contributed by atoms with Crippen LogP contribution < -0.4 is 19.6 Å². The highest BCUT2D eigenvalue weighted by atomic mass is 32.1. The Kier molecular flexibility index (Phi) is 4.90. The third-order valence-corrected chi connectivity index (χ3v) is 5.05. The zero-order chi connectivity index (χ0) is 19.5. The Morgan fingerprint density at radius 2 is 1.96 bits per heavy atom.